The molecule has 0 bridgehead atoms. The first-order valence-electron chi connectivity index (χ1n) is 10.3. The molecule has 0 spiro atoms. The van der Waals surface area contributed by atoms with Crippen LogP contribution < -0.4 is 15.4 Å². The molecule has 1 aromatic carbocycles. The number of benzene rings is 1. The summed E-state index contributed by atoms with van der Waals surface area (Å²) in [5, 5.41) is 15.4. The van der Waals surface area contributed by atoms with Gasteiger partial charge in [0, 0.05) is 19.6 Å². The zero-order valence-electron chi connectivity index (χ0n) is 17.6. The Balaban J connectivity index is 0.00000300. The van der Waals surface area contributed by atoms with Gasteiger partial charge in [-0.05, 0) is 50.8 Å². The van der Waals surface area contributed by atoms with Crippen molar-refractivity contribution in [3.05, 3.63) is 41.5 Å². The average molecular weight is 512 g/mol. The van der Waals surface area contributed by atoms with E-state index >= 15 is 0 Å². The Morgan fingerprint density at radius 2 is 2.07 bits per heavy atom. The highest BCUT2D eigenvalue weighted by molar-refractivity contribution is 14.0. The lowest BCUT2D eigenvalue weighted by Crippen LogP contribution is -2.43. The van der Waals surface area contributed by atoms with E-state index in [-0.39, 0.29) is 24.0 Å². The molecule has 1 aromatic heterocycles. The van der Waals surface area contributed by atoms with E-state index in [1.54, 1.807) is 0 Å². The summed E-state index contributed by atoms with van der Waals surface area (Å²) < 4.78 is 7.57. The Kier molecular flexibility index (Phi) is 9.69. The molecule has 0 unspecified atom stereocenters. The molecule has 0 radical (unpaired) electrons. The van der Waals surface area contributed by atoms with Crippen molar-refractivity contribution in [2.75, 3.05) is 13.2 Å². The largest absolute Gasteiger partial charge is 0.494 e. The van der Waals surface area contributed by atoms with Crippen molar-refractivity contribution in [2.45, 2.75) is 58.5 Å². The van der Waals surface area contributed by atoms with Crippen LogP contribution in [0, 0.1) is 6.92 Å². The van der Waals surface area contributed by atoms with E-state index in [1.165, 1.54) is 31.2 Å². The standard InChI is InChI=1S/C21H32N6O.HI/c1-4-28-19-11-7-8-17(14-19)12-13-22-21(24-18-9-5-6-10-18)23-15-20-26-25-16(2)27(20)3;/h7-8,11,14,18H,4-6,9-10,12-13,15H2,1-3H3,(H2,22,23,24);1H. The number of hydrogen-bond acceptors (Lipinski definition) is 4. The molecule has 7 nitrogen and oxygen atoms in total. The minimum absolute atomic E-state index is 0. The minimum Gasteiger partial charge on any atom is -0.494 e. The number of nitrogens with zero attached hydrogens (tertiary/aromatic N) is 4. The zero-order valence-corrected chi connectivity index (χ0v) is 20.0. The number of nitrogens with one attached hydrogen (secondary N) is 2. The van der Waals surface area contributed by atoms with Gasteiger partial charge in [0.15, 0.2) is 11.8 Å². The summed E-state index contributed by atoms with van der Waals surface area (Å²) in [4.78, 5) is 4.76. The summed E-state index contributed by atoms with van der Waals surface area (Å²) in [7, 11) is 1.98. The third kappa shape index (κ3) is 7.17. The highest BCUT2D eigenvalue weighted by atomic mass is 127. The summed E-state index contributed by atoms with van der Waals surface area (Å²) in [5.41, 5.74) is 1.25. The molecule has 1 aliphatic carbocycles. The van der Waals surface area contributed by atoms with Gasteiger partial charge in [-0.25, -0.2) is 4.99 Å². The van der Waals surface area contributed by atoms with Crippen LogP contribution in [0.5, 0.6) is 5.75 Å². The maximum absolute atomic E-state index is 5.59. The molecule has 1 fully saturated rings. The lowest BCUT2D eigenvalue weighted by atomic mass is 10.1. The van der Waals surface area contributed by atoms with E-state index in [0.717, 1.165) is 36.3 Å². The summed E-state index contributed by atoms with van der Waals surface area (Å²) in [6.45, 7) is 5.97. The summed E-state index contributed by atoms with van der Waals surface area (Å²) >= 11 is 0. The molecule has 2 N–H and O–H groups in total. The molecule has 2 aromatic rings. The summed E-state index contributed by atoms with van der Waals surface area (Å²) in [6, 6.07) is 8.79. The lowest BCUT2D eigenvalue weighted by molar-refractivity contribution is 0.340. The van der Waals surface area contributed by atoms with Crippen molar-refractivity contribution in [3.63, 3.8) is 0 Å². The molecule has 0 aliphatic heterocycles. The summed E-state index contributed by atoms with van der Waals surface area (Å²) in [5.74, 6) is 3.55. The van der Waals surface area contributed by atoms with Gasteiger partial charge in [-0.3, -0.25) is 0 Å². The number of rotatable bonds is 8. The molecule has 1 aliphatic rings. The molecule has 1 saturated carbocycles. The second-order valence-electron chi connectivity index (χ2n) is 7.27. The van der Waals surface area contributed by atoms with Gasteiger partial charge in [0.05, 0.1) is 6.61 Å². The van der Waals surface area contributed by atoms with Crippen LogP contribution in [0.2, 0.25) is 0 Å². The smallest absolute Gasteiger partial charge is 0.191 e. The first-order chi connectivity index (χ1) is 13.7. The van der Waals surface area contributed by atoms with Gasteiger partial charge < -0.3 is 19.9 Å². The highest BCUT2D eigenvalue weighted by Crippen LogP contribution is 2.17. The fraction of sp³-hybridized carbons (Fsp3) is 0.571. The van der Waals surface area contributed by atoms with Crippen LogP contribution in [0.25, 0.3) is 0 Å². The topological polar surface area (TPSA) is 76.4 Å². The van der Waals surface area contributed by atoms with E-state index in [4.69, 9.17) is 9.73 Å². The Hall–Kier alpha value is -1.84. The molecular formula is C21H33IN6O. The number of aromatic nitrogens is 3. The number of guanidine groups is 1. The molecule has 160 valence electrons. The van der Waals surface area contributed by atoms with Crippen LogP contribution >= 0.6 is 24.0 Å². The average Bonchev–Trinajstić information content (AvgIpc) is 3.31. The maximum Gasteiger partial charge on any atom is 0.191 e. The van der Waals surface area contributed by atoms with Gasteiger partial charge in [0.25, 0.3) is 0 Å². The van der Waals surface area contributed by atoms with Crippen LogP contribution in [0.3, 0.4) is 0 Å². The van der Waals surface area contributed by atoms with E-state index in [1.807, 2.05) is 37.6 Å². The Morgan fingerprint density at radius 3 is 2.76 bits per heavy atom. The number of aryl methyl sites for hydroxylation is 1. The van der Waals surface area contributed by atoms with Crippen LogP contribution in [-0.4, -0.2) is 39.9 Å². The fourth-order valence-corrected chi connectivity index (χ4v) is 3.44. The van der Waals surface area contributed by atoms with Crippen molar-refractivity contribution in [1.82, 2.24) is 25.4 Å². The second kappa shape index (κ2) is 12.0. The van der Waals surface area contributed by atoms with E-state index in [0.29, 0.717) is 19.2 Å². The number of ether oxygens (including phenoxy) is 1. The van der Waals surface area contributed by atoms with E-state index in [9.17, 15) is 0 Å². The van der Waals surface area contributed by atoms with Crippen LogP contribution in [0.4, 0.5) is 0 Å². The van der Waals surface area contributed by atoms with Gasteiger partial charge in [0.2, 0.25) is 0 Å². The molecule has 0 saturated heterocycles. The quantitative estimate of drug-likeness (QED) is 0.323. The first kappa shape index (κ1) is 23.4. The van der Waals surface area contributed by atoms with Crippen molar-refractivity contribution < 1.29 is 4.74 Å². The van der Waals surface area contributed by atoms with E-state index < -0.39 is 0 Å². The predicted molar refractivity (Wildman–Crippen MR) is 127 cm³/mol. The SMILES string of the molecule is CCOc1cccc(CCNC(=NCc2nnc(C)n2C)NC2CCCC2)c1.I. The Labute approximate surface area is 190 Å². The van der Waals surface area contributed by atoms with Crippen LogP contribution in [0.15, 0.2) is 29.3 Å². The van der Waals surface area contributed by atoms with Crippen LogP contribution in [-0.2, 0) is 20.0 Å². The highest BCUT2D eigenvalue weighted by Gasteiger charge is 2.16. The van der Waals surface area contributed by atoms with Crippen molar-refractivity contribution >= 4 is 29.9 Å². The van der Waals surface area contributed by atoms with Crippen molar-refractivity contribution in [1.29, 1.82) is 0 Å². The van der Waals surface area contributed by atoms with Gasteiger partial charge in [0.1, 0.15) is 18.1 Å². The van der Waals surface area contributed by atoms with Gasteiger partial charge in [-0.15, -0.1) is 34.2 Å². The molecule has 8 heteroatoms. The molecule has 0 amide bonds. The number of hydrogen-bond donors (Lipinski definition) is 2. The molecule has 1 heterocycles. The van der Waals surface area contributed by atoms with Gasteiger partial charge in [-0.1, -0.05) is 25.0 Å². The number of aliphatic imine (C=N–C) groups is 1. The van der Waals surface area contributed by atoms with E-state index in [2.05, 4.69) is 33.0 Å². The van der Waals surface area contributed by atoms with Crippen molar-refractivity contribution in [2.24, 2.45) is 12.0 Å². The second-order valence-corrected chi connectivity index (χ2v) is 7.27. The Bertz CT molecular complexity index is 785. The molecular weight excluding hydrogens is 479 g/mol. The summed E-state index contributed by atoms with van der Waals surface area (Å²) in [6.07, 6.45) is 5.91. The normalized spacial score (nSPS) is 14.5. The third-order valence-corrected chi connectivity index (χ3v) is 5.17. The first-order valence-corrected chi connectivity index (χ1v) is 10.3. The molecule has 0 atom stereocenters. The monoisotopic (exact) mass is 512 g/mol. The maximum atomic E-state index is 5.59. The van der Waals surface area contributed by atoms with Gasteiger partial charge in [-0.2, -0.15) is 0 Å². The molecule has 3 rings (SSSR count). The zero-order chi connectivity index (χ0) is 19.8. The fourth-order valence-electron chi connectivity index (χ4n) is 3.44. The van der Waals surface area contributed by atoms with Gasteiger partial charge >= 0.3 is 0 Å². The molecule has 29 heavy (non-hydrogen) atoms. The minimum atomic E-state index is 0. The van der Waals surface area contributed by atoms with Crippen LogP contribution in [0.1, 0.15) is 49.8 Å². The lowest BCUT2D eigenvalue weighted by Gasteiger charge is -2.17. The predicted octanol–water partition coefficient (Wildman–Crippen LogP) is 3.36. The van der Waals surface area contributed by atoms with Crippen molar-refractivity contribution in [3.8, 4) is 5.75 Å². The third-order valence-electron chi connectivity index (χ3n) is 5.17. The Morgan fingerprint density at radius 1 is 1.28 bits per heavy atom. The number of halogens is 1.